The second kappa shape index (κ2) is 9.06. The Labute approximate surface area is 179 Å². The number of sulfonamides is 1. The smallest absolute Gasteiger partial charge is 0.243 e. The lowest BCUT2D eigenvalue weighted by molar-refractivity contribution is -0.144. The molecule has 3 aliphatic rings. The van der Waals surface area contributed by atoms with Crippen LogP contribution in [0.2, 0.25) is 0 Å². The van der Waals surface area contributed by atoms with E-state index < -0.39 is 10.0 Å². The van der Waals surface area contributed by atoms with Gasteiger partial charge in [-0.15, -0.1) is 0 Å². The lowest BCUT2D eigenvalue weighted by atomic mass is 9.97. The fourth-order valence-electron chi connectivity index (χ4n) is 4.94. The van der Waals surface area contributed by atoms with Gasteiger partial charge in [-0.05, 0) is 37.8 Å². The molecule has 0 spiro atoms. The van der Waals surface area contributed by atoms with Crippen molar-refractivity contribution < 1.29 is 18.0 Å². The van der Waals surface area contributed by atoms with Crippen molar-refractivity contribution >= 4 is 21.8 Å². The van der Waals surface area contributed by atoms with E-state index in [1.807, 2.05) is 9.80 Å². The molecule has 164 valence electrons. The van der Waals surface area contributed by atoms with Gasteiger partial charge in [0.05, 0.1) is 10.8 Å². The summed E-state index contributed by atoms with van der Waals surface area (Å²) in [5.74, 6) is 0.130. The predicted octanol–water partition coefficient (Wildman–Crippen LogP) is 1.95. The van der Waals surface area contributed by atoms with Crippen molar-refractivity contribution in [3.8, 4) is 0 Å². The Morgan fingerprint density at radius 3 is 1.87 bits per heavy atom. The maximum Gasteiger partial charge on any atom is 0.243 e. The normalized spacial score (nSPS) is 24.2. The van der Waals surface area contributed by atoms with Crippen molar-refractivity contribution in [3.63, 3.8) is 0 Å². The Kier molecular flexibility index (Phi) is 6.43. The highest BCUT2D eigenvalue weighted by Crippen LogP contribution is 2.28. The van der Waals surface area contributed by atoms with Gasteiger partial charge in [-0.1, -0.05) is 31.0 Å². The van der Waals surface area contributed by atoms with Crippen molar-refractivity contribution in [3.05, 3.63) is 30.3 Å². The standard InChI is InChI=1S/C22H31N3O4S/c26-21(18-7-4-5-8-18)23-13-15-24(16-14-23)22(27)19-9-6-12-25(17-19)30(28,29)20-10-2-1-3-11-20/h1-3,10-11,18-19H,4-9,12-17H2. The second-order valence-electron chi connectivity index (χ2n) is 8.65. The van der Waals surface area contributed by atoms with Crippen LogP contribution < -0.4 is 0 Å². The third kappa shape index (κ3) is 4.39. The van der Waals surface area contributed by atoms with Crippen molar-refractivity contribution in [2.24, 2.45) is 11.8 Å². The zero-order valence-electron chi connectivity index (χ0n) is 17.4. The quantitative estimate of drug-likeness (QED) is 0.727. The molecule has 30 heavy (non-hydrogen) atoms. The molecule has 0 radical (unpaired) electrons. The third-order valence-electron chi connectivity index (χ3n) is 6.72. The molecule has 1 saturated carbocycles. The molecule has 0 N–H and O–H groups in total. The first-order chi connectivity index (χ1) is 14.5. The highest BCUT2D eigenvalue weighted by Gasteiger charge is 2.37. The summed E-state index contributed by atoms with van der Waals surface area (Å²) >= 11 is 0. The fourth-order valence-corrected chi connectivity index (χ4v) is 6.49. The van der Waals surface area contributed by atoms with E-state index in [-0.39, 0.29) is 35.1 Å². The van der Waals surface area contributed by atoms with Gasteiger partial charge < -0.3 is 9.80 Å². The first kappa shape index (κ1) is 21.3. The van der Waals surface area contributed by atoms with Crippen LogP contribution in [0.1, 0.15) is 38.5 Å². The number of nitrogens with zero attached hydrogens (tertiary/aromatic N) is 3. The highest BCUT2D eigenvalue weighted by molar-refractivity contribution is 7.89. The topological polar surface area (TPSA) is 78.0 Å². The SMILES string of the molecule is O=C(C1CCCC1)N1CCN(C(=O)C2CCCN(S(=O)(=O)c3ccccc3)C2)CC1. The minimum atomic E-state index is -3.58. The summed E-state index contributed by atoms with van der Waals surface area (Å²) in [5, 5.41) is 0. The average Bonchev–Trinajstić information content (AvgIpc) is 3.34. The number of benzene rings is 1. The molecule has 1 aromatic carbocycles. The highest BCUT2D eigenvalue weighted by atomic mass is 32.2. The molecule has 1 aromatic rings. The van der Waals surface area contributed by atoms with Crippen LogP contribution in [0.3, 0.4) is 0 Å². The molecule has 3 fully saturated rings. The van der Waals surface area contributed by atoms with Crippen LogP contribution in [0.15, 0.2) is 35.2 Å². The molecule has 0 aromatic heterocycles. The summed E-state index contributed by atoms with van der Waals surface area (Å²) in [5.41, 5.74) is 0. The van der Waals surface area contributed by atoms with E-state index in [9.17, 15) is 18.0 Å². The summed E-state index contributed by atoms with van der Waals surface area (Å²) in [6, 6.07) is 8.42. The van der Waals surface area contributed by atoms with E-state index in [2.05, 4.69) is 0 Å². The van der Waals surface area contributed by atoms with Gasteiger partial charge in [0.25, 0.3) is 0 Å². The molecule has 0 bridgehead atoms. The largest absolute Gasteiger partial charge is 0.339 e. The van der Waals surface area contributed by atoms with Crippen molar-refractivity contribution in [1.82, 2.24) is 14.1 Å². The first-order valence-corrected chi connectivity index (χ1v) is 12.5. The third-order valence-corrected chi connectivity index (χ3v) is 8.60. The van der Waals surface area contributed by atoms with Gasteiger partial charge in [-0.2, -0.15) is 4.31 Å². The monoisotopic (exact) mass is 433 g/mol. The Morgan fingerprint density at radius 1 is 0.733 bits per heavy atom. The number of carbonyl (C=O) groups excluding carboxylic acids is 2. The van der Waals surface area contributed by atoms with Crippen LogP contribution in [0.5, 0.6) is 0 Å². The van der Waals surface area contributed by atoms with E-state index in [4.69, 9.17) is 0 Å². The van der Waals surface area contributed by atoms with Gasteiger partial charge in [0.15, 0.2) is 0 Å². The Morgan fingerprint density at radius 2 is 1.27 bits per heavy atom. The number of hydrogen-bond acceptors (Lipinski definition) is 4. The number of piperidine rings is 1. The number of carbonyl (C=O) groups is 2. The molecule has 1 atom stereocenters. The Balaban J connectivity index is 1.34. The van der Waals surface area contributed by atoms with Gasteiger partial charge in [-0.3, -0.25) is 9.59 Å². The molecular formula is C22H31N3O4S. The number of piperazine rings is 1. The van der Waals surface area contributed by atoms with Crippen LogP contribution in [0, 0.1) is 11.8 Å². The van der Waals surface area contributed by atoms with E-state index in [1.54, 1.807) is 30.3 Å². The average molecular weight is 434 g/mol. The Bertz CT molecular complexity index is 860. The van der Waals surface area contributed by atoms with Crippen LogP contribution >= 0.6 is 0 Å². The summed E-state index contributed by atoms with van der Waals surface area (Å²) in [7, 11) is -3.58. The van der Waals surface area contributed by atoms with Crippen molar-refractivity contribution in [1.29, 1.82) is 0 Å². The van der Waals surface area contributed by atoms with Gasteiger partial charge in [0.2, 0.25) is 21.8 Å². The maximum absolute atomic E-state index is 13.1. The van der Waals surface area contributed by atoms with E-state index in [0.717, 1.165) is 25.7 Å². The summed E-state index contributed by atoms with van der Waals surface area (Å²) in [6.07, 6.45) is 5.65. The van der Waals surface area contributed by atoms with Gasteiger partial charge in [0.1, 0.15) is 0 Å². The number of hydrogen-bond donors (Lipinski definition) is 0. The lowest BCUT2D eigenvalue weighted by Gasteiger charge is -2.39. The van der Waals surface area contributed by atoms with Gasteiger partial charge in [0, 0.05) is 45.2 Å². The first-order valence-electron chi connectivity index (χ1n) is 11.1. The Hall–Kier alpha value is -1.93. The zero-order valence-corrected chi connectivity index (χ0v) is 18.2. The van der Waals surface area contributed by atoms with Crippen LogP contribution in [0.4, 0.5) is 0 Å². The minimum Gasteiger partial charge on any atom is -0.339 e. The molecule has 4 rings (SSSR count). The summed E-state index contributed by atoms with van der Waals surface area (Å²) < 4.78 is 27.3. The molecule has 8 heteroatoms. The van der Waals surface area contributed by atoms with Crippen LogP contribution in [-0.4, -0.2) is 73.6 Å². The van der Waals surface area contributed by atoms with Crippen molar-refractivity contribution in [2.45, 2.75) is 43.4 Å². The molecule has 2 heterocycles. The molecule has 2 saturated heterocycles. The molecule has 7 nitrogen and oxygen atoms in total. The number of rotatable bonds is 4. The molecule has 1 unspecified atom stereocenters. The number of amides is 2. The van der Waals surface area contributed by atoms with E-state index in [1.165, 1.54) is 4.31 Å². The van der Waals surface area contributed by atoms with Crippen LogP contribution in [-0.2, 0) is 19.6 Å². The fraction of sp³-hybridized carbons (Fsp3) is 0.636. The van der Waals surface area contributed by atoms with Gasteiger partial charge in [-0.25, -0.2) is 8.42 Å². The van der Waals surface area contributed by atoms with Crippen LogP contribution in [0.25, 0.3) is 0 Å². The summed E-state index contributed by atoms with van der Waals surface area (Å²) in [4.78, 5) is 29.7. The van der Waals surface area contributed by atoms with E-state index in [0.29, 0.717) is 45.6 Å². The molecule has 2 amide bonds. The molecular weight excluding hydrogens is 402 g/mol. The minimum absolute atomic E-state index is 0.0240. The van der Waals surface area contributed by atoms with Gasteiger partial charge >= 0.3 is 0 Å². The lowest BCUT2D eigenvalue weighted by Crippen LogP contribution is -2.54. The zero-order chi connectivity index (χ0) is 21.1. The van der Waals surface area contributed by atoms with Crippen molar-refractivity contribution in [2.75, 3.05) is 39.3 Å². The summed E-state index contributed by atoms with van der Waals surface area (Å²) in [6.45, 7) is 2.93. The second-order valence-corrected chi connectivity index (χ2v) is 10.6. The predicted molar refractivity (Wildman–Crippen MR) is 113 cm³/mol. The van der Waals surface area contributed by atoms with E-state index >= 15 is 0 Å². The molecule has 1 aliphatic carbocycles. The molecule has 2 aliphatic heterocycles. The maximum atomic E-state index is 13.1.